The second kappa shape index (κ2) is 6.22. The molecule has 0 spiro atoms. The normalized spacial score (nSPS) is 13.2. The molecule has 1 aromatic carbocycles. The Labute approximate surface area is 119 Å². The molecule has 0 fully saturated rings. The molecule has 1 atom stereocenters. The van der Waals surface area contributed by atoms with Crippen LogP contribution in [0.15, 0.2) is 42.7 Å². The lowest BCUT2D eigenvalue weighted by Crippen LogP contribution is -2.19. The van der Waals surface area contributed by atoms with E-state index < -0.39 is 17.6 Å². The largest absolute Gasteiger partial charge is 0.419 e. The summed E-state index contributed by atoms with van der Waals surface area (Å²) in [5, 5.41) is 3.08. The van der Waals surface area contributed by atoms with Crippen LogP contribution in [0.3, 0.4) is 0 Å². The number of benzene rings is 1. The van der Waals surface area contributed by atoms with Crippen molar-refractivity contribution in [2.45, 2.75) is 25.7 Å². The molecule has 0 aliphatic heterocycles. The van der Waals surface area contributed by atoms with E-state index in [2.05, 4.69) is 10.3 Å². The van der Waals surface area contributed by atoms with Crippen molar-refractivity contribution >= 4 is 0 Å². The number of alkyl halides is 3. The van der Waals surface area contributed by atoms with Crippen LogP contribution in [0.4, 0.5) is 17.6 Å². The van der Waals surface area contributed by atoms with Gasteiger partial charge in [0, 0.05) is 25.0 Å². The summed E-state index contributed by atoms with van der Waals surface area (Å²) in [5.74, 6) is -1.26. The van der Waals surface area contributed by atoms with E-state index in [1.807, 2.05) is 13.0 Å². The molecule has 1 aromatic heterocycles. The van der Waals surface area contributed by atoms with Crippen LogP contribution >= 0.6 is 0 Å². The first-order valence-electron chi connectivity index (χ1n) is 6.37. The van der Waals surface area contributed by atoms with Gasteiger partial charge in [0.05, 0.1) is 5.56 Å². The standard InChI is InChI=1S/C15H14F4N2/c1-10(12-3-2-6-20-9-12)21-8-11-4-5-14(16)13(7-11)15(17,18)19/h2-7,9-10,21H,8H2,1H3/t10-/m0/s1. The smallest absolute Gasteiger partial charge is 0.306 e. The fourth-order valence-electron chi connectivity index (χ4n) is 1.92. The molecule has 2 nitrogen and oxygen atoms in total. The molecule has 2 aromatic rings. The van der Waals surface area contributed by atoms with E-state index in [9.17, 15) is 17.6 Å². The van der Waals surface area contributed by atoms with Crippen molar-refractivity contribution in [1.82, 2.24) is 10.3 Å². The number of halogens is 4. The Morgan fingerprint density at radius 3 is 2.62 bits per heavy atom. The molecule has 0 bridgehead atoms. The molecule has 2 rings (SSSR count). The minimum absolute atomic E-state index is 0.0712. The van der Waals surface area contributed by atoms with Crippen molar-refractivity contribution in [2.75, 3.05) is 0 Å². The SMILES string of the molecule is C[C@H](NCc1ccc(F)c(C(F)(F)F)c1)c1cccnc1. The maximum absolute atomic E-state index is 13.2. The Kier molecular flexibility index (Phi) is 4.57. The van der Waals surface area contributed by atoms with E-state index in [0.29, 0.717) is 5.56 Å². The molecule has 1 N–H and O–H groups in total. The molecular formula is C15H14F4N2. The zero-order valence-corrected chi connectivity index (χ0v) is 11.3. The maximum atomic E-state index is 13.2. The number of hydrogen-bond acceptors (Lipinski definition) is 2. The number of nitrogens with one attached hydrogen (secondary N) is 1. The first kappa shape index (κ1) is 15.4. The van der Waals surface area contributed by atoms with Crippen LogP contribution in [0.5, 0.6) is 0 Å². The highest BCUT2D eigenvalue weighted by atomic mass is 19.4. The molecule has 0 aliphatic carbocycles. The topological polar surface area (TPSA) is 24.9 Å². The van der Waals surface area contributed by atoms with E-state index >= 15 is 0 Å². The van der Waals surface area contributed by atoms with Crippen LogP contribution in [0.25, 0.3) is 0 Å². The second-order valence-electron chi connectivity index (χ2n) is 4.70. The third-order valence-electron chi connectivity index (χ3n) is 3.13. The monoisotopic (exact) mass is 298 g/mol. The molecule has 6 heteroatoms. The van der Waals surface area contributed by atoms with E-state index in [1.54, 1.807) is 18.5 Å². The van der Waals surface area contributed by atoms with E-state index in [-0.39, 0.29) is 12.6 Å². The second-order valence-corrected chi connectivity index (χ2v) is 4.70. The Morgan fingerprint density at radius 2 is 2.00 bits per heavy atom. The number of aromatic nitrogens is 1. The zero-order chi connectivity index (χ0) is 15.5. The van der Waals surface area contributed by atoms with Crippen LogP contribution in [-0.2, 0) is 12.7 Å². The summed E-state index contributed by atoms with van der Waals surface area (Å²) in [5.41, 5.74) is 0.0611. The van der Waals surface area contributed by atoms with Gasteiger partial charge in [-0.25, -0.2) is 4.39 Å². The first-order valence-corrected chi connectivity index (χ1v) is 6.37. The van der Waals surface area contributed by atoms with Gasteiger partial charge in [-0.2, -0.15) is 13.2 Å². The molecule has 21 heavy (non-hydrogen) atoms. The highest BCUT2D eigenvalue weighted by Crippen LogP contribution is 2.31. The first-order chi connectivity index (χ1) is 9.88. The number of pyridine rings is 1. The third-order valence-corrected chi connectivity index (χ3v) is 3.13. The summed E-state index contributed by atoms with van der Waals surface area (Å²) in [6.07, 6.45) is -1.36. The number of rotatable bonds is 4. The van der Waals surface area contributed by atoms with Gasteiger partial charge >= 0.3 is 6.18 Å². The van der Waals surface area contributed by atoms with Crippen molar-refractivity contribution in [1.29, 1.82) is 0 Å². The van der Waals surface area contributed by atoms with Gasteiger partial charge in [-0.15, -0.1) is 0 Å². The fourth-order valence-corrected chi connectivity index (χ4v) is 1.92. The van der Waals surface area contributed by atoms with Gasteiger partial charge < -0.3 is 5.32 Å². The lowest BCUT2D eigenvalue weighted by atomic mass is 10.1. The Bertz CT molecular complexity index is 596. The van der Waals surface area contributed by atoms with Crippen LogP contribution in [-0.4, -0.2) is 4.98 Å². The Hall–Kier alpha value is -1.95. The third kappa shape index (κ3) is 4.01. The van der Waals surface area contributed by atoms with Gasteiger partial charge in [0.25, 0.3) is 0 Å². The molecule has 0 saturated heterocycles. The average molecular weight is 298 g/mol. The minimum Gasteiger partial charge on any atom is -0.306 e. The van der Waals surface area contributed by atoms with E-state index in [1.165, 1.54) is 6.07 Å². The fraction of sp³-hybridized carbons (Fsp3) is 0.267. The molecule has 0 amide bonds. The summed E-state index contributed by atoms with van der Waals surface area (Å²) < 4.78 is 51.1. The van der Waals surface area contributed by atoms with Crippen LogP contribution < -0.4 is 5.32 Å². The van der Waals surface area contributed by atoms with Gasteiger partial charge in [0.15, 0.2) is 0 Å². The summed E-state index contributed by atoms with van der Waals surface area (Å²) in [7, 11) is 0. The van der Waals surface area contributed by atoms with Gasteiger partial charge in [0.2, 0.25) is 0 Å². The van der Waals surface area contributed by atoms with Crippen LogP contribution in [0.2, 0.25) is 0 Å². The minimum atomic E-state index is -4.69. The van der Waals surface area contributed by atoms with Crippen molar-refractivity contribution < 1.29 is 17.6 Å². The van der Waals surface area contributed by atoms with Crippen LogP contribution in [0, 0.1) is 5.82 Å². The van der Waals surface area contributed by atoms with Gasteiger partial charge in [-0.05, 0) is 36.2 Å². The molecule has 0 aliphatic rings. The average Bonchev–Trinajstić information content (AvgIpc) is 2.45. The molecule has 0 radical (unpaired) electrons. The van der Waals surface area contributed by atoms with Gasteiger partial charge in [-0.1, -0.05) is 12.1 Å². The predicted molar refractivity (Wildman–Crippen MR) is 70.9 cm³/mol. The van der Waals surface area contributed by atoms with E-state index in [4.69, 9.17) is 0 Å². The van der Waals surface area contributed by atoms with Gasteiger partial charge in [-0.3, -0.25) is 4.98 Å². The lowest BCUT2D eigenvalue weighted by molar-refractivity contribution is -0.140. The number of hydrogen-bond donors (Lipinski definition) is 1. The summed E-state index contributed by atoms with van der Waals surface area (Å²) >= 11 is 0. The summed E-state index contributed by atoms with van der Waals surface area (Å²) in [6.45, 7) is 2.09. The van der Waals surface area contributed by atoms with E-state index in [0.717, 1.165) is 17.7 Å². The molecular weight excluding hydrogens is 284 g/mol. The molecule has 112 valence electrons. The number of nitrogens with zero attached hydrogens (tertiary/aromatic N) is 1. The quantitative estimate of drug-likeness (QED) is 0.860. The molecule has 0 saturated carbocycles. The lowest BCUT2D eigenvalue weighted by Gasteiger charge is -2.15. The predicted octanol–water partition coefficient (Wildman–Crippen LogP) is 4.09. The highest BCUT2D eigenvalue weighted by Gasteiger charge is 2.34. The van der Waals surface area contributed by atoms with Crippen LogP contribution in [0.1, 0.15) is 29.7 Å². The summed E-state index contributed by atoms with van der Waals surface area (Å²) in [6, 6.07) is 6.60. The molecule has 1 heterocycles. The Morgan fingerprint density at radius 1 is 1.24 bits per heavy atom. The highest BCUT2D eigenvalue weighted by molar-refractivity contribution is 5.27. The Balaban J connectivity index is 2.07. The van der Waals surface area contributed by atoms with Crippen molar-refractivity contribution in [3.05, 3.63) is 65.2 Å². The van der Waals surface area contributed by atoms with Crippen molar-refractivity contribution in [3.8, 4) is 0 Å². The van der Waals surface area contributed by atoms with Gasteiger partial charge in [0.1, 0.15) is 5.82 Å². The van der Waals surface area contributed by atoms with Crippen molar-refractivity contribution in [2.24, 2.45) is 0 Å². The zero-order valence-electron chi connectivity index (χ0n) is 11.3. The maximum Gasteiger partial charge on any atom is 0.419 e. The van der Waals surface area contributed by atoms with Crippen molar-refractivity contribution in [3.63, 3.8) is 0 Å². The molecule has 0 unspecified atom stereocenters. The summed E-state index contributed by atoms with van der Waals surface area (Å²) in [4.78, 5) is 3.98.